The van der Waals surface area contributed by atoms with Crippen LogP contribution in [0.4, 0.5) is 4.79 Å². The maximum atomic E-state index is 11.8. The maximum Gasteiger partial charge on any atom is 0.408 e. The van der Waals surface area contributed by atoms with Crippen molar-refractivity contribution in [2.24, 2.45) is 0 Å². The third kappa shape index (κ3) is 4.17. The highest BCUT2D eigenvalue weighted by Gasteiger charge is 2.55. The Balaban J connectivity index is 1.79. The van der Waals surface area contributed by atoms with E-state index in [0.29, 0.717) is 10.9 Å². The van der Waals surface area contributed by atoms with Gasteiger partial charge in [0.1, 0.15) is 23.3 Å². The van der Waals surface area contributed by atoms with Gasteiger partial charge in [-0.1, -0.05) is 23.7 Å². The Morgan fingerprint density at radius 1 is 1.25 bits per heavy atom. The summed E-state index contributed by atoms with van der Waals surface area (Å²) in [5, 5.41) is 10.1. The number of methoxy groups -OCH3 is 1. The molecule has 0 saturated heterocycles. The number of rotatable bonds is 6. The first kappa shape index (κ1) is 20.3. The normalized spacial score (nSPS) is 15.0. The molecule has 1 saturated carbocycles. The second kappa shape index (κ2) is 7.51. The van der Waals surface area contributed by atoms with Crippen LogP contribution in [0.1, 0.15) is 33.6 Å². The van der Waals surface area contributed by atoms with Crippen LogP contribution < -0.4 is 9.47 Å². The smallest absolute Gasteiger partial charge is 0.408 e. The molecule has 1 N–H and O–H groups in total. The summed E-state index contributed by atoms with van der Waals surface area (Å²) in [6, 6.07) is 9.34. The number of carboxylic acid groups (broad SMARTS) is 1. The van der Waals surface area contributed by atoms with Crippen molar-refractivity contribution in [3.8, 4) is 22.6 Å². The summed E-state index contributed by atoms with van der Waals surface area (Å²) in [7, 11) is 1.61. The monoisotopic (exact) mass is 404 g/mol. The lowest BCUT2D eigenvalue weighted by molar-refractivity contribution is 0.0399. The van der Waals surface area contributed by atoms with Crippen LogP contribution in [0, 0.1) is 0 Å². The summed E-state index contributed by atoms with van der Waals surface area (Å²) in [6.07, 6.45) is 2.20. The van der Waals surface area contributed by atoms with Crippen LogP contribution in [0.25, 0.3) is 11.1 Å². The third-order valence-corrected chi connectivity index (χ3v) is 5.19. The summed E-state index contributed by atoms with van der Waals surface area (Å²) in [5.74, 6) is 1.31. The number of aromatic nitrogens is 1. The van der Waals surface area contributed by atoms with Crippen molar-refractivity contribution in [2.75, 3.05) is 13.7 Å². The van der Waals surface area contributed by atoms with Gasteiger partial charge in [-0.2, -0.15) is 0 Å². The van der Waals surface area contributed by atoms with E-state index in [9.17, 15) is 9.90 Å². The second-order valence-corrected chi connectivity index (χ2v) is 8.40. The highest BCUT2D eigenvalue weighted by molar-refractivity contribution is 6.32. The van der Waals surface area contributed by atoms with Crippen LogP contribution in [-0.4, -0.2) is 45.9 Å². The molecule has 1 amide bonds. The minimum absolute atomic E-state index is 0.280. The van der Waals surface area contributed by atoms with Crippen molar-refractivity contribution in [3.63, 3.8) is 0 Å². The van der Waals surface area contributed by atoms with E-state index in [1.54, 1.807) is 13.3 Å². The third-order valence-electron chi connectivity index (χ3n) is 4.89. The number of halogens is 1. The molecular weight excluding hydrogens is 380 g/mol. The molecule has 1 aliphatic rings. The van der Waals surface area contributed by atoms with Gasteiger partial charge in [0, 0.05) is 11.1 Å². The van der Waals surface area contributed by atoms with Crippen molar-refractivity contribution in [1.29, 1.82) is 0 Å². The lowest BCUT2D eigenvalue weighted by Crippen LogP contribution is -2.55. The van der Waals surface area contributed by atoms with Gasteiger partial charge in [-0.05, 0) is 57.4 Å². The van der Waals surface area contributed by atoms with Crippen molar-refractivity contribution < 1.29 is 19.4 Å². The zero-order chi connectivity index (χ0) is 20.5. The van der Waals surface area contributed by atoms with Crippen LogP contribution in [0.15, 0.2) is 36.5 Å². The Labute approximate surface area is 170 Å². The van der Waals surface area contributed by atoms with Crippen LogP contribution in [0.2, 0.25) is 5.15 Å². The standard InChI is InChI=1S/C21H25ClN2O4/c1-20(2,3)24(19(25)26)21(9-10-21)13-28-16-11-17(18(22)23-12-16)14-5-7-15(27-4)8-6-14/h5-8,11-12H,9-10,13H2,1-4H3,(H,25,26). The van der Waals surface area contributed by atoms with Crippen molar-refractivity contribution in [2.45, 2.75) is 44.7 Å². The molecule has 1 heterocycles. The minimum Gasteiger partial charge on any atom is -0.497 e. The van der Waals surface area contributed by atoms with Gasteiger partial charge in [-0.3, -0.25) is 4.90 Å². The SMILES string of the molecule is COc1ccc(-c2cc(OCC3(N(C(=O)O)C(C)(C)C)CC3)cnc2Cl)cc1. The van der Waals surface area contributed by atoms with Crippen molar-refractivity contribution >= 4 is 17.7 Å². The second-order valence-electron chi connectivity index (χ2n) is 8.04. The van der Waals surface area contributed by atoms with Crippen LogP contribution in [0.5, 0.6) is 11.5 Å². The first-order valence-electron chi connectivity index (χ1n) is 9.12. The average molecular weight is 405 g/mol. The van der Waals surface area contributed by atoms with Gasteiger partial charge in [0.15, 0.2) is 0 Å². The van der Waals surface area contributed by atoms with Gasteiger partial charge in [-0.15, -0.1) is 0 Å². The number of hydrogen-bond acceptors (Lipinski definition) is 4. The fourth-order valence-corrected chi connectivity index (χ4v) is 3.69. The number of pyridine rings is 1. The average Bonchev–Trinajstić information content (AvgIpc) is 3.40. The molecule has 3 rings (SSSR count). The van der Waals surface area contributed by atoms with E-state index in [2.05, 4.69) is 4.98 Å². The zero-order valence-electron chi connectivity index (χ0n) is 16.5. The number of hydrogen-bond donors (Lipinski definition) is 1. The van der Waals surface area contributed by atoms with E-state index < -0.39 is 17.2 Å². The molecule has 0 aliphatic heterocycles. The Kier molecular flexibility index (Phi) is 5.44. The summed E-state index contributed by atoms with van der Waals surface area (Å²) in [5.41, 5.74) is 0.645. The molecule has 1 aromatic heterocycles. The van der Waals surface area contributed by atoms with Gasteiger partial charge in [0.2, 0.25) is 0 Å². The molecule has 28 heavy (non-hydrogen) atoms. The Bertz CT molecular complexity index is 858. The minimum atomic E-state index is -0.929. The molecule has 1 aliphatic carbocycles. The largest absolute Gasteiger partial charge is 0.497 e. The molecule has 0 bridgehead atoms. The fraction of sp³-hybridized carbons (Fsp3) is 0.429. The van der Waals surface area contributed by atoms with E-state index in [4.69, 9.17) is 21.1 Å². The van der Waals surface area contributed by atoms with Gasteiger partial charge in [-0.25, -0.2) is 9.78 Å². The molecule has 150 valence electrons. The predicted octanol–water partition coefficient (Wildman–Crippen LogP) is 5.10. The molecule has 7 heteroatoms. The first-order chi connectivity index (χ1) is 13.2. The van der Waals surface area contributed by atoms with E-state index in [-0.39, 0.29) is 6.61 Å². The van der Waals surface area contributed by atoms with E-state index in [0.717, 1.165) is 29.7 Å². The lowest BCUT2D eigenvalue weighted by Gasteiger charge is -2.40. The Morgan fingerprint density at radius 3 is 2.39 bits per heavy atom. The predicted molar refractivity (Wildman–Crippen MR) is 108 cm³/mol. The molecule has 0 spiro atoms. The van der Waals surface area contributed by atoms with Gasteiger partial charge in [0.25, 0.3) is 0 Å². The highest BCUT2D eigenvalue weighted by Crippen LogP contribution is 2.45. The number of carbonyl (C=O) groups is 1. The molecule has 1 fully saturated rings. The zero-order valence-corrected chi connectivity index (χ0v) is 17.3. The van der Waals surface area contributed by atoms with Crippen LogP contribution in [0.3, 0.4) is 0 Å². The fourth-order valence-electron chi connectivity index (χ4n) is 3.48. The number of ether oxygens (including phenoxy) is 2. The molecule has 0 radical (unpaired) electrons. The number of nitrogens with zero attached hydrogens (tertiary/aromatic N) is 2. The highest BCUT2D eigenvalue weighted by atomic mass is 35.5. The van der Waals surface area contributed by atoms with Gasteiger partial charge in [0.05, 0.1) is 18.8 Å². The molecule has 1 aromatic carbocycles. The summed E-state index contributed by atoms with van der Waals surface area (Å²) in [4.78, 5) is 17.5. The topological polar surface area (TPSA) is 71.9 Å². The van der Waals surface area contributed by atoms with E-state index in [1.807, 2.05) is 51.1 Å². The lowest BCUT2D eigenvalue weighted by atomic mass is 10.0. The summed E-state index contributed by atoms with van der Waals surface area (Å²) < 4.78 is 11.2. The van der Waals surface area contributed by atoms with Crippen molar-refractivity contribution in [1.82, 2.24) is 9.88 Å². The number of benzene rings is 1. The first-order valence-corrected chi connectivity index (χ1v) is 9.50. The Morgan fingerprint density at radius 2 is 1.89 bits per heavy atom. The quantitative estimate of drug-likeness (QED) is 0.678. The molecule has 6 nitrogen and oxygen atoms in total. The van der Waals surface area contributed by atoms with E-state index >= 15 is 0 Å². The van der Waals surface area contributed by atoms with Crippen LogP contribution >= 0.6 is 11.6 Å². The maximum absolute atomic E-state index is 11.8. The molecule has 0 atom stereocenters. The number of amides is 1. The van der Waals surface area contributed by atoms with Gasteiger partial charge < -0.3 is 14.6 Å². The molecule has 2 aromatic rings. The molecule has 0 unspecified atom stereocenters. The Hall–Kier alpha value is -2.47. The summed E-state index contributed by atoms with van der Waals surface area (Å²) in [6.45, 7) is 5.97. The van der Waals surface area contributed by atoms with Crippen LogP contribution in [-0.2, 0) is 0 Å². The summed E-state index contributed by atoms with van der Waals surface area (Å²) >= 11 is 6.27. The molecular formula is C21H25ClN2O4. The van der Waals surface area contributed by atoms with Gasteiger partial charge >= 0.3 is 6.09 Å². The van der Waals surface area contributed by atoms with Crippen molar-refractivity contribution in [3.05, 3.63) is 41.7 Å². The van der Waals surface area contributed by atoms with E-state index in [1.165, 1.54) is 4.90 Å².